The fraction of sp³-hybridized carbons (Fsp3) is 0.200. The summed E-state index contributed by atoms with van der Waals surface area (Å²) in [5.41, 5.74) is 1.96. The Morgan fingerprint density at radius 2 is 1.96 bits per heavy atom. The molecule has 0 fully saturated rings. The van der Waals surface area contributed by atoms with E-state index in [1.165, 1.54) is 6.33 Å². The third kappa shape index (κ3) is 4.58. The van der Waals surface area contributed by atoms with E-state index < -0.39 is 18.5 Å². The number of esters is 1. The zero-order valence-corrected chi connectivity index (χ0v) is 14.8. The Morgan fingerprint density at radius 1 is 1.15 bits per heavy atom. The SMILES string of the molecule is CCc1cccc(NC(=O)COC(=O)Cn2cnc3ccccc3c2=O)c1. The molecule has 0 bridgehead atoms. The van der Waals surface area contributed by atoms with Gasteiger partial charge in [-0.25, -0.2) is 4.98 Å². The summed E-state index contributed by atoms with van der Waals surface area (Å²) < 4.78 is 6.13. The van der Waals surface area contributed by atoms with Gasteiger partial charge >= 0.3 is 5.97 Å². The van der Waals surface area contributed by atoms with Crippen LogP contribution in [-0.2, 0) is 27.3 Å². The summed E-state index contributed by atoms with van der Waals surface area (Å²) in [4.78, 5) is 40.4. The van der Waals surface area contributed by atoms with Gasteiger partial charge in [0.15, 0.2) is 6.61 Å². The van der Waals surface area contributed by atoms with Crippen LogP contribution < -0.4 is 10.9 Å². The molecule has 1 aromatic heterocycles. The number of carbonyl (C=O) groups is 2. The average Bonchev–Trinajstić information content (AvgIpc) is 2.69. The summed E-state index contributed by atoms with van der Waals surface area (Å²) in [5, 5.41) is 3.09. The largest absolute Gasteiger partial charge is 0.454 e. The van der Waals surface area contributed by atoms with Crippen LogP contribution in [0.3, 0.4) is 0 Å². The number of nitrogens with zero attached hydrogens (tertiary/aromatic N) is 2. The van der Waals surface area contributed by atoms with Crippen LogP contribution in [0.1, 0.15) is 12.5 Å². The van der Waals surface area contributed by atoms with E-state index in [0.717, 1.165) is 16.6 Å². The number of fused-ring (bicyclic) bond motifs is 1. The molecule has 0 aliphatic carbocycles. The molecule has 0 atom stereocenters. The fourth-order valence-electron chi connectivity index (χ4n) is 2.62. The molecule has 27 heavy (non-hydrogen) atoms. The summed E-state index contributed by atoms with van der Waals surface area (Å²) >= 11 is 0. The van der Waals surface area contributed by atoms with Gasteiger partial charge in [0.1, 0.15) is 6.54 Å². The van der Waals surface area contributed by atoms with Crippen molar-refractivity contribution in [2.24, 2.45) is 0 Å². The van der Waals surface area contributed by atoms with Gasteiger partial charge in [-0.3, -0.25) is 19.0 Å². The molecule has 138 valence electrons. The molecule has 0 unspecified atom stereocenters. The molecule has 7 nitrogen and oxygen atoms in total. The molecule has 1 amide bonds. The number of nitrogens with one attached hydrogen (secondary N) is 1. The highest BCUT2D eigenvalue weighted by Gasteiger charge is 2.11. The second kappa shape index (κ2) is 8.27. The summed E-state index contributed by atoms with van der Waals surface area (Å²) in [6.07, 6.45) is 2.15. The lowest BCUT2D eigenvalue weighted by Gasteiger charge is -2.09. The van der Waals surface area contributed by atoms with E-state index in [1.807, 2.05) is 25.1 Å². The fourth-order valence-corrected chi connectivity index (χ4v) is 2.62. The number of amides is 1. The third-order valence-electron chi connectivity index (χ3n) is 4.01. The van der Waals surface area contributed by atoms with Gasteiger partial charge in [0.05, 0.1) is 17.2 Å². The van der Waals surface area contributed by atoms with Crippen LogP contribution >= 0.6 is 0 Å². The molecule has 0 radical (unpaired) electrons. The topological polar surface area (TPSA) is 90.3 Å². The molecular formula is C20H19N3O4. The minimum atomic E-state index is -0.688. The normalized spacial score (nSPS) is 10.6. The maximum Gasteiger partial charge on any atom is 0.326 e. The predicted molar refractivity (Wildman–Crippen MR) is 101 cm³/mol. The van der Waals surface area contributed by atoms with Gasteiger partial charge in [-0.05, 0) is 36.2 Å². The molecule has 1 N–H and O–H groups in total. The van der Waals surface area contributed by atoms with Gasteiger partial charge in [-0.1, -0.05) is 31.2 Å². The Balaban J connectivity index is 1.57. The van der Waals surface area contributed by atoms with Gasteiger partial charge in [-0.15, -0.1) is 0 Å². The molecule has 0 spiro atoms. The average molecular weight is 365 g/mol. The minimum Gasteiger partial charge on any atom is -0.454 e. The van der Waals surface area contributed by atoms with E-state index in [1.54, 1.807) is 30.3 Å². The van der Waals surface area contributed by atoms with Gasteiger partial charge in [0.25, 0.3) is 11.5 Å². The van der Waals surface area contributed by atoms with Crippen molar-refractivity contribution in [1.82, 2.24) is 9.55 Å². The third-order valence-corrected chi connectivity index (χ3v) is 4.01. The highest BCUT2D eigenvalue weighted by Crippen LogP contribution is 2.11. The van der Waals surface area contributed by atoms with Crippen LogP contribution in [-0.4, -0.2) is 28.0 Å². The van der Waals surface area contributed by atoms with Gasteiger partial charge in [0, 0.05) is 5.69 Å². The Labute approximate surface area is 155 Å². The van der Waals surface area contributed by atoms with Gasteiger partial charge in [-0.2, -0.15) is 0 Å². The summed E-state index contributed by atoms with van der Waals surface area (Å²) in [6.45, 7) is 1.28. The van der Waals surface area contributed by atoms with Crippen molar-refractivity contribution in [3.05, 3.63) is 70.8 Å². The van der Waals surface area contributed by atoms with Crippen molar-refractivity contribution in [2.75, 3.05) is 11.9 Å². The smallest absolute Gasteiger partial charge is 0.326 e. The second-order valence-corrected chi connectivity index (χ2v) is 5.96. The van der Waals surface area contributed by atoms with E-state index >= 15 is 0 Å². The lowest BCUT2D eigenvalue weighted by molar-refractivity contribution is -0.147. The maximum absolute atomic E-state index is 12.3. The number of aromatic nitrogens is 2. The first kappa shape index (κ1) is 18.3. The van der Waals surface area contributed by atoms with Crippen molar-refractivity contribution in [2.45, 2.75) is 19.9 Å². The molecule has 3 rings (SSSR count). The quantitative estimate of drug-likeness (QED) is 0.676. The number of benzene rings is 2. The molecule has 0 aliphatic rings. The molecule has 2 aromatic carbocycles. The summed E-state index contributed by atoms with van der Waals surface area (Å²) in [7, 11) is 0. The number of aryl methyl sites for hydroxylation is 1. The van der Waals surface area contributed by atoms with Crippen LogP contribution in [0.4, 0.5) is 5.69 Å². The van der Waals surface area contributed by atoms with Crippen LogP contribution in [0, 0.1) is 0 Å². The van der Waals surface area contributed by atoms with E-state index in [9.17, 15) is 14.4 Å². The molecule has 1 heterocycles. The number of para-hydroxylation sites is 1. The number of ether oxygens (including phenoxy) is 1. The lowest BCUT2D eigenvalue weighted by atomic mass is 10.1. The second-order valence-electron chi connectivity index (χ2n) is 5.96. The molecule has 0 saturated carbocycles. The predicted octanol–water partition coefficient (Wildman–Crippen LogP) is 2.14. The van der Waals surface area contributed by atoms with Crippen molar-refractivity contribution < 1.29 is 14.3 Å². The van der Waals surface area contributed by atoms with Gasteiger partial charge in [0.2, 0.25) is 0 Å². The number of rotatable bonds is 6. The van der Waals surface area contributed by atoms with E-state index in [4.69, 9.17) is 4.74 Å². The molecule has 7 heteroatoms. The number of hydrogen-bond donors (Lipinski definition) is 1. The maximum atomic E-state index is 12.3. The van der Waals surface area contributed by atoms with E-state index in [-0.39, 0.29) is 12.1 Å². The first-order valence-electron chi connectivity index (χ1n) is 8.55. The molecule has 3 aromatic rings. The zero-order valence-electron chi connectivity index (χ0n) is 14.8. The van der Waals surface area contributed by atoms with Gasteiger partial charge < -0.3 is 10.1 Å². The standard InChI is InChI=1S/C20H19N3O4/c1-2-14-6-5-7-15(10-14)22-18(24)12-27-19(25)11-23-13-21-17-9-4-3-8-16(17)20(23)26/h3-10,13H,2,11-12H2,1H3,(H,22,24). The first-order chi connectivity index (χ1) is 13.1. The van der Waals surface area contributed by atoms with Crippen LogP contribution in [0.5, 0.6) is 0 Å². The number of hydrogen-bond acceptors (Lipinski definition) is 5. The Kier molecular flexibility index (Phi) is 5.61. The highest BCUT2D eigenvalue weighted by molar-refractivity contribution is 5.92. The van der Waals surface area contributed by atoms with Crippen LogP contribution in [0.2, 0.25) is 0 Å². The molecule has 0 saturated heterocycles. The highest BCUT2D eigenvalue weighted by atomic mass is 16.5. The first-order valence-corrected chi connectivity index (χ1v) is 8.55. The lowest BCUT2D eigenvalue weighted by Crippen LogP contribution is -2.28. The summed E-state index contributed by atoms with van der Waals surface area (Å²) in [6, 6.07) is 14.3. The van der Waals surface area contributed by atoms with E-state index in [0.29, 0.717) is 16.6 Å². The Bertz CT molecular complexity index is 1040. The number of anilines is 1. The number of carbonyl (C=O) groups excluding carboxylic acids is 2. The van der Waals surface area contributed by atoms with Crippen LogP contribution in [0.25, 0.3) is 10.9 Å². The van der Waals surface area contributed by atoms with Crippen molar-refractivity contribution >= 4 is 28.5 Å². The monoisotopic (exact) mass is 365 g/mol. The van der Waals surface area contributed by atoms with Crippen molar-refractivity contribution in [3.63, 3.8) is 0 Å². The van der Waals surface area contributed by atoms with E-state index in [2.05, 4.69) is 10.3 Å². The Morgan fingerprint density at radius 3 is 2.78 bits per heavy atom. The van der Waals surface area contributed by atoms with Crippen LogP contribution in [0.15, 0.2) is 59.7 Å². The Hall–Kier alpha value is -3.48. The molecular weight excluding hydrogens is 346 g/mol. The summed E-state index contributed by atoms with van der Waals surface area (Å²) in [5.74, 6) is -1.13. The zero-order chi connectivity index (χ0) is 19.2. The minimum absolute atomic E-state index is 0.310. The van der Waals surface area contributed by atoms with Crippen molar-refractivity contribution in [1.29, 1.82) is 0 Å². The molecule has 0 aliphatic heterocycles. The van der Waals surface area contributed by atoms with Crippen molar-refractivity contribution in [3.8, 4) is 0 Å².